The highest BCUT2D eigenvalue weighted by atomic mass is 35.5. The molecule has 0 unspecified atom stereocenters. The summed E-state index contributed by atoms with van der Waals surface area (Å²) in [5.41, 5.74) is 1.85. The number of nitrogens with zero attached hydrogens (tertiary/aromatic N) is 2. The first-order valence-electron chi connectivity index (χ1n) is 13.4. The largest absolute Gasteiger partial charge is 0.490 e. The number of halogens is 4. The molecule has 0 amide bonds. The van der Waals surface area contributed by atoms with Gasteiger partial charge >= 0.3 is 18.1 Å². The van der Waals surface area contributed by atoms with E-state index in [1.807, 2.05) is 30.3 Å². The van der Waals surface area contributed by atoms with Crippen molar-refractivity contribution in [3.05, 3.63) is 105 Å². The van der Waals surface area contributed by atoms with Crippen LogP contribution in [0.15, 0.2) is 82.5 Å². The highest BCUT2D eigenvalue weighted by Gasteiger charge is 2.38. The first kappa shape index (κ1) is 33.6. The van der Waals surface area contributed by atoms with Gasteiger partial charge in [-0.25, -0.2) is 18.0 Å². The molecule has 0 atom stereocenters. The molecule has 238 valence electrons. The van der Waals surface area contributed by atoms with Crippen molar-refractivity contribution in [2.75, 3.05) is 33.3 Å². The fraction of sp³-hybridized carbons (Fsp3) is 0.233. The number of fused-ring (bicyclic) bond motifs is 1. The number of ether oxygens (including phenoxy) is 1. The molecule has 0 aliphatic carbocycles. The number of benzene rings is 3. The minimum absolute atomic E-state index is 0.0935. The SMILES string of the molecule is COC(=O)c1c(Cc2ccc(S(=O)(=O)N3CCNCC3)cc2)c(=O)c2ccc(Cl)cc2n1-c1ccccc1.O=C(O)C(F)(F)F. The van der Waals surface area contributed by atoms with Crippen molar-refractivity contribution >= 4 is 44.5 Å². The smallest absolute Gasteiger partial charge is 0.475 e. The number of piperazine rings is 1. The van der Waals surface area contributed by atoms with Crippen molar-refractivity contribution < 1.29 is 41.0 Å². The van der Waals surface area contributed by atoms with Crippen molar-refractivity contribution in [3.63, 3.8) is 0 Å². The van der Waals surface area contributed by atoms with Gasteiger partial charge in [-0.2, -0.15) is 17.5 Å². The average molecular weight is 666 g/mol. The molecule has 0 bridgehead atoms. The van der Waals surface area contributed by atoms with Gasteiger partial charge in [0.1, 0.15) is 5.69 Å². The number of pyridine rings is 1. The molecule has 1 fully saturated rings. The molecule has 0 spiro atoms. The van der Waals surface area contributed by atoms with Crippen LogP contribution in [0.1, 0.15) is 21.6 Å². The summed E-state index contributed by atoms with van der Waals surface area (Å²) in [6.07, 6.45) is -4.98. The summed E-state index contributed by atoms with van der Waals surface area (Å²) in [6, 6.07) is 20.6. The zero-order valence-electron chi connectivity index (χ0n) is 23.7. The van der Waals surface area contributed by atoms with Gasteiger partial charge in [0.05, 0.1) is 17.5 Å². The topological polar surface area (TPSA) is 135 Å². The molecule has 0 saturated carbocycles. The highest BCUT2D eigenvalue weighted by Crippen LogP contribution is 2.27. The van der Waals surface area contributed by atoms with Crippen molar-refractivity contribution in [1.82, 2.24) is 14.2 Å². The standard InChI is InChI=1S/C28H26ClN3O5S.C2HF3O2/c1-37-28(34)26-24(17-19-7-10-22(11-8-19)38(35,36)31-15-13-30-14-16-31)27(33)23-12-9-20(29)18-25(23)32(26)21-5-3-2-4-6-21;3-2(4,5)1(6)7/h2-12,18,30H,13-17H2,1H3;(H,6,7). The van der Waals surface area contributed by atoms with Crippen LogP contribution in [-0.4, -0.2) is 73.8 Å². The first-order chi connectivity index (χ1) is 21.3. The van der Waals surface area contributed by atoms with E-state index in [1.54, 1.807) is 47.0 Å². The number of carboxylic acids is 1. The van der Waals surface area contributed by atoms with Gasteiger partial charge in [-0.1, -0.05) is 41.9 Å². The number of alkyl halides is 3. The second-order valence-electron chi connectivity index (χ2n) is 9.76. The number of nitrogens with one attached hydrogen (secondary N) is 1. The van der Waals surface area contributed by atoms with E-state index < -0.39 is 28.1 Å². The van der Waals surface area contributed by atoms with Crippen molar-refractivity contribution in [2.45, 2.75) is 17.5 Å². The van der Waals surface area contributed by atoms with E-state index in [0.29, 0.717) is 53.4 Å². The number of carbonyl (C=O) groups excluding carboxylic acids is 1. The van der Waals surface area contributed by atoms with E-state index in [4.69, 9.17) is 26.2 Å². The van der Waals surface area contributed by atoms with Gasteiger partial charge in [0.2, 0.25) is 10.0 Å². The van der Waals surface area contributed by atoms with Gasteiger partial charge in [-0.05, 0) is 48.0 Å². The summed E-state index contributed by atoms with van der Waals surface area (Å²) in [5, 5.41) is 11.1. The minimum Gasteiger partial charge on any atom is -0.475 e. The molecule has 1 aliphatic rings. The van der Waals surface area contributed by atoms with E-state index in [-0.39, 0.29) is 28.0 Å². The number of hydrogen-bond donors (Lipinski definition) is 2. The minimum atomic E-state index is -5.08. The Kier molecular flexibility index (Phi) is 10.3. The lowest BCUT2D eigenvalue weighted by molar-refractivity contribution is -0.192. The monoisotopic (exact) mass is 665 g/mol. The number of aliphatic carboxylic acids is 1. The molecular formula is C30H27ClF3N3O7S. The number of carbonyl (C=O) groups is 2. The quantitative estimate of drug-likeness (QED) is 0.292. The predicted molar refractivity (Wildman–Crippen MR) is 160 cm³/mol. The van der Waals surface area contributed by atoms with Gasteiger partial charge in [0, 0.05) is 54.3 Å². The zero-order chi connectivity index (χ0) is 32.9. The summed E-state index contributed by atoms with van der Waals surface area (Å²) in [6.45, 7) is 2.03. The number of carboxylic acid groups (broad SMARTS) is 1. The average Bonchev–Trinajstić information content (AvgIpc) is 3.02. The second kappa shape index (κ2) is 13.8. The third-order valence-electron chi connectivity index (χ3n) is 6.88. The van der Waals surface area contributed by atoms with Crippen molar-refractivity contribution in [3.8, 4) is 5.69 Å². The molecule has 4 aromatic rings. The number of sulfonamides is 1. The lowest BCUT2D eigenvalue weighted by Crippen LogP contribution is -2.46. The summed E-state index contributed by atoms with van der Waals surface area (Å²) < 4.78 is 66.1. The van der Waals surface area contributed by atoms with Crippen LogP contribution >= 0.6 is 11.6 Å². The van der Waals surface area contributed by atoms with Gasteiger partial charge < -0.3 is 19.7 Å². The van der Waals surface area contributed by atoms with E-state index in [0.717, 1.165) is 0 Å². The van der Waals surface area contributed by atoms with Crippen LogP contribution in [-0.2, 0) is 26.0 Å². The van der Waals surface area contributed by atoms with Crippen LogP contribution in [0, 0.1) is 0 Å². The molecule has 2 heterocycles. The Balaban J connectivity index is 0.000000591. The molecule has 10 nitrogen and oxygen atoms in total. The van der Waals surface area contributed by atoms with Gasteiger partial charge in [0.15, 0.2) is 5.43 Å². The highest BCUT2D eigenvalue weighted by molar-refractivity contribution is 7.89. The summed E-state index contributed by atoms with van der Waals surface area (Å²) in [4.78, 5) is 36.0. The number of rotatable bonds is 6. The van der Waals surface area contributed by atoms with Crippen LogP contribution in [0.3, 0.4) is 0 Å². The van der Waals surface area contributed by atoms with Gasteiger partial charge in [-0.3, -0.25) is 4.79 Å². The van der Waals surface area contributed by atoms with Crippen LogP contribution in [0.5, 0.6) is 0 Å². The molecule has 15 heteroatoms. The predicted octanol–water partition coefficient (Wildman–Crippen LogP) is 4.25. The molecule has 0 radical (unpaired) electrons. The molecular weight excluding hydrogens is 639 g/mol. The Morgan fingerprint density at radius 3 is 2.16 bits per heavy atom. The van der Waals surface area contributed by atoms with E-state index in [9.17, 15) is 31.2 Å². The Hall–Kier alpha value is -4.24. The normalized spacial score (nSPS) is 14.0. The van der Waals surface area contributed by atoms with Crippen LogP contribution in [0.2, 0.25) is 5.02 Å². The molecule has 5 rings (SSSR count). The maximum absolute atomic E-state index is 13.7. The number of aromatic nitrogens is 1. The molecule has 1 saturated heterocycles. The van der Waals surface area contributed by atoms with Crippen molar-refractivity contribution in [2.24, 2.45) is 0 Å². The maximum Gasteiger partial charge on any atom is 0.490 e. The summed E-state index contributed by atoms with van der Waals surface area (Å²) in [7, 11) is -2.35. The third-order valence-corrected chi connectivity index (χ3v) is 9.03. The van der Waals surface area contributed by atoms with E-state index in [2.05, 4.69) is 5.32 Å². The summed E-state index contributed by atoms with van der Waals surface area (Å²) in [5.74, 6) is -3.42. The lowest BCUT2D eigenvalue weighted by Gasteiger charge is -2.26. The Morgan fingerprint density at radius 1 is 1.00 bits per heavy atom. The van der Waals surface area contributed by atoms with E-state index in [1.165, 1.54) is 11.4 Å². The maximum atomic E-state index is 13.7. The number of esters is 1. The molecule has 1 aliphatic heterocycles. The molecule has 2 N–H and O–H groups in total. The Labute approximate surface area is 260 Å². The van der Waals surface area contributed by atoms with Crippen LogP contribution in [0.25, 0.3) is 16.6 Å². The fourth-order valence-corrected chi connectivity index (χ4v) is 6.35. The van der Waals surface area contributed by atoms with E-state index >= 15 is 0 Å². The van der Waals surface area contributed by atoms with Crippen LogP contribution in [0.4, 0.5) is 13.2 Å². The summed E-state index contributed by atoms with van der Waals surface area (Å²) >= 11 is 6.29. The van der Waals surface area contributed by atoms with Crippen molar-refractivity contribution in [1.29, 1.82) is 0 Å². The lowest BCUT2D eigenvalue weighted by atomic mass is 9.99. The Morgan fingerprint density at radius 2 is 1.60 bits per heavy atom. The third kappa shape index (κ3) is 7.53. The fourth-order valence-electron chi connectivity index (χ4n) is 4.74. The molecule has 3 aromatic carbocycles. The zero-order valence-corrected chi connectivity index (χ0v) is 25.2. The molecule has 1 aromatic heterocycles. The number of para-hydroxylation sites is 1. The van der Waals surface area contributed by atoms with Crippen LogP contribution < -0.4 is 10.7 Å². The number of hydrogen-bond acceptors (Lipinski definition) is 7. The van der Waals surface area contributed by atoms with Gasteiger partial charge in [0.25, 0.3) is 0 Å². The van der Waals surface area contributed by atoms with Gasteiger partial charge in [-0.15, -0.1) is 0 Å². The second-order valence-corrected chi connectivity index (χ2v) is 12.1. The molecule has 45 heavy (non-hydrogen) atoms. The first-order valence-corrected chi connectivity index (χ1v) is 15.2. The number of methoxy groups -OCH3 is 1. The Bertz CT molecular complexity index is 1880.